The first-order chi connectivity index (χ1) is 20.8. The summed E-state index contributed by atoms with van der Waals surface area (Å²) in [5.74, 6) is 2.57. The molecule has 5 heteroatoms. The molecular weight excluding hydrogens is 548 g/mol. The van der Waals surface area contributed by atoms with E-state index in [-0.39, 0.29) is 42.1 Å². The molecule has 0 aromatic heterocycles. The molecule has 0 aliphatic heterocycles. The lowest BCUT2D eigenvalue weighted by molar-refractivity contribution is -0.221. The predicted octanol–water partition coefficient (Wildman–Crippen LogP) is 9.03. The smallest absolute Gasteiger partial charge is 0.340 e. The van der Waals surface area contributed by atoms with E-state index in [1.807, 2.05) is 0 Å². The zero-order chi connectivity index (χ0) is 31.9. The van der Waals surface area contributed by atoms with Crippen molar-refractivity contribution in [3.05, 3.63) is 12.2 Å². The van der Waals surface area contributed by atoms with Gasteiger partial charge in [0, 0.05) is 5.92 Å². The SMILES string of the molecule is CC(C)C1CC[C@@H](C)C[C@H]1OC(=O)[C@H]1[C@@H]2C=C[C@@H](C2)[C@]1(O[C@@H]1C[C@H](C)CCC1C(C)C)C(=O)O[C@@H]1C[C@H](C)CC[C@H]1C(C)C. The van der Waals surface area contributed by atoms with E-state index < -0.39 is 11.5 Å². The van der Waals surface area contributed by atoms with Crippen molar-refractivity contribution in [2.75, 3.05) is 0 Å². The van der Waals surface area contributed by atoms with Gasteiger partial charge in [-0.15, -0.1) is 0 Å². The van der Waals surface area contributed by atoms with Crippen molar-refractivity contribution in [1.29, 1.82) is 0 Å². The van der Waals surface area contributed by atoms with Crippen LogP contribution in [0.15, 0.2) is 12.2 Å². The molecule has 5 aliphatic carbocycles. The molecule has 0 spiro atoms. The Morgan fingerprint density at radius 3 is 1.57 bits per heavy atom. The molecule has 0 amide bonds. The Kier molecular flexibility index (Phi) is 10.6. The largest absolute Gasteiger partial charge is 0.462 e. The number of rotatable bonds is 9. The minimum Gasteiger partial charge on any atom is -0.462 e. The van der Waals surface area contributed by atoms with Gasteiger partial charge in [0.15, 0.2) is 5.60 Å². The van der Waals surface area contributed by atoms with Crippen LogP contribution < -0.4 is 0 Å². The Labute approximate surface area is 269 Å². The standard InChI is InChI=1S/C39H64O5/c1-22(2)30-15-10-25(7)18-33(30)42-37(40)36-28-13-14-29(21-28)39(36,44-35-20-27(9)12-17-32(35)24(5)6)38(41)43-34-19-26(8)11-16-31(34)23(3)4/h13-14,22-36H,10-12,15-21H2,1-9H3/t25-,26-,27-,28-,29+,30?,31+,32?,33-,34-,35-,36-,39-/m1/s1. The van der Waals surface area contributed by atoms with Crippen molar-refractivity contribution in [3.63, 3.8) is 0 Å². The van der Waals surface area contributed by atoms with Crippen molar-refractivity contribution < 1.29 is 23.8 Å². The van der Waals surface area contributed by atoms with Crippen LogP contribution in [0, 0.1) is 71.0 Å². The number of fused-ring (bicyclic) bond motifs is 2. The van der Waals surface area contributed by atoms with Gasteiger partial charge in [0.1, 0.15) is 18.1 Å². The van der Waals surface area contributed by atoms with Crippen LogP contribution in [0.3, 0.4) is 0 Å². The van der Waals surface area contributed by atoms with Gasteiger partial charge in [0.25, 0.3) is 0 Å². The molecule has 4 saturated carbocycles. The monoisotopic (exact) mass is 612 g/mol. The van der Waals surface area contributed by atoms with E-state index in [4.69, 9.17) is 14.2 Å². The van der Waals surface area contributed by atoms with Crippen LogP contribution in [-0.2, 0) is 23.8 Å². The molecule has 0 N–H and O–H groups in total. The molecule has 44 heavy (non-hydrogen) atoms. The summed E-state index contributed by atoms with van der Waals surface area (Å²) >= 11 is 0. The Morgan fingerprint density at radius 2 is 1.07 bits per heavy atom. The fraction of sp³-hybridized carbons (Fsp3) is 0.897. The molecule has 5 rings (SSSR count). The summed E-state index contributed by atoms with van der Waals surface area (Å²) in [5, 5.41) is 0. The van der Waals surface area contributed by atoms with E-state index in [1.165, 1.54) is 19.3 Å². The second-order valence-corrected chi connectivity index (χ2v) is 17.2. The van der Waals surface area contributed by atoms with Gasteiger partial charge < -0.3 is 14.2 Å². The quantitative estimate of drug-likeness (QED) is 0.192. The van der Waals surface area contributed by atoms with Gasteiger partial charge in [-0.1, -0.05) is 93.7 Å². The van der Waals surface area contributed by atoms with Gasteiger partial charge >= 0.3 is 11.9 Å². The summed E-state index contributed by atoms with van der Waals surface area (Å²) in [6, 6.07) is 0. The van der Waals surface area contributed by atoms with Crippen LogP contribution >= 0.6 is 0 Å². The summed E-state index contributed by atoms with van der Waals surface area (Å²) in [6.07, 6.45) is 14.3. The van der Waals surface area contributed by atoms with Crippen LogP contribution in [0.1, 0.15) is 127 Å². The Balaban J connectivity index is 1.51. The van der Waals surface area contributed by atoms with Crippen LogP contribution in [0.4, 0.5) is 0 Å². The molecule has 250 valence electrons. The maximum absolute atomic E-state index is 15.0. The minimum absolute atomic E-state index is 0.0525. The van der Waals surface area contributed by atoms with E-state index in [0.717, 1.165) is 44.9 Å². The summed E-state index contributed by atoms with van der Waals surface area (Å²) in [6.45, 7) is 20.4. The summed E-state index contributed by atoms with van der Waals surface area (Å²) in [5.41, 5.74) is -1.32. The lowest BCUT2D eigenvalue weighted by Gasteiger charge is -2.47. The van der Waals surface area contributed by atoms with Gasteiger partial charge in [-0.3, -0.25) is 4.79 Å². The molecule has 0 radical (unpaired) electrons. The molecule has 2 bridgehead atoms. The fourth-order valence-electron chi connectivity index (χ4n) is 10.1. The van der Waals surface area contributed by atoms with E-state index in [0.29, 0.717) is 53.3 Å². The average Bonchev–Trinajstić information content (AvgIpc) is 3.53. The second-order valence-electron chi connectivity index (χ2n) is 17.2. The third-order valence-electron chi connectivity index (χ3n) is 12.9. The number of hydrogen-bond donors (Lipinski definition) is 0. The van der Waals surface area contributed by atoms with Gasteiger partial charge in [0.05, 0.1) is 6.10 Å². The van der Waals surface area contributed by atoms with Crippen molar-refractivity contribution >= 4 is 11.9 Å². The van der Waals surface area contributed by atoms with Crippen LogP contribution in [-0.4, -0.2) is 35.9 Å². The third-order valence-corrected chi connectivity index (χ3v) is 12.9. The summed E-state index contributed by atoms with van der Waals surface area (Å²) in [4.78, 5) is 29.6. The van der Waals surface area contributed by atoms with Crippen molar-refractivity contribution in [3.8, 4) is 0 Å². The normalized spacial score (nSPS) is 44.0. The molecule has 0 saturated heterocycles. The number of ether oxygens (including phenoxy) is 3. The number of esters is 2. The Hall–Kier alpha value is -1.36. The highest BCUT2D eigenvalue weighted by atomic mass is 16.6. The lowest BCUT2D eigenvalue weighted by Crippen LogP contribution is -2.59. The van der Waals surface area contributed by atoms with E-state index in [2.05, 4.69) is 74.5 Å². The average molecular weight is 613 g/mol. The number of carbonyl (C=O) groups excluding carboxylic acids is 2. The van der Waals surface area contributed by atoms with Gasteiger partial charge in [0.2, 0.25) is 0 Å². The van der Waals surface area contributed by atoms with Gasteiger partial charge in [-0.25, -0.2) is 4.79 Å². The molecule has 2 unspecified atom stereocenters. The topological polar surface area (TPSA) is 61.8 Å². The first-order valence-electron chi connectivity index (χ1n) is 18.6. The first-order valence-corrected chi connectivity index (χ1v) is 18.6. The molecule has 5 aliphatic rings. The second kappa shape index (κ2) is 13.8. The zero-order valence-corrected chi connectivity index (χ0v) is 29.4. The summed E-state index contributed by atoms with van der Waals surface area (Å²) < 4.78 is 20.6. The van der Waals surface area contributed by atoms with Crippen molar-refractivity contribution in [2.45, 2.75) is 150 Å². The van der Waals surface area contributed by atoms with E-state index >= 15 is 0 Å². The first kappa shape index (κ1) is 34.0. The fourth-order valence-corrected chi connectivity index (χ4v) is 10.1. The molecule has 0 heterocycles. The van der Waals surface area contributed by atoms with Crippen LogP contribution in [0.2, 0.25) is 0 Å². The maximum Gasteiger partial charge on any atom is 0.340 e. The van der Waals surface area contributed by atoms with Gasteiger partial charge in [-0.2, -0.15) is 0 Å². The molecule has 4 fully saturated rings. The molecule has 13 atom stereocenters. The highest BCUT2D eigenvalue weighted by molar-refractivity contribution is 5.90. The Bertz CT molecular complexity index is 1030. The van der Waals surface area contributed by atoms with Crippen molar-refractivity contribution in [1.82, 2.24) is 0 Å². The minimum atomic E-state index is -1.32. The maximum atomic E-state index is 15.0. The predicted molar refractivity (Wildman–Crippen MR) is 176 cm³/mol. The van der Waals surface area contributed by atoms with E-state index in [9.17, 15) is 9.59 Å². The zero-order valence-electron chi connectivity index (χ0n) is 29.4. The third kappa shape index (κ3) is 6.70. The molecule has 0 aromatic carbocycles. The van der Waals surface area contributed by atoms with Crippen LogP contribution in [0.5, 0.6) is 0 Å². The van der Waals surface area contributed by atoms with E-state index in [1.54, 1.807) is 0 Å². The van der Waals surface area contributed by atoms with Crippen LogP contribution in [0.25, 0.3) is 0 Å². The Morgan fingerprint density at radius 1 is 0.614 bits per heavy atom. The highest BCUT2D eigenvalue weighted by Crippen LogP contribution is 2.56. The summed E-state index contributed by atoms with van der Waals surface area (Å²) in [7, 11) is 0. The van der Waals surface area contributed by atoms with Gasteiger partial charge in [-0.05, 0) is 104 Å². The highest BCUT2D eigenvalue weighted by Gasteiger charge is 2.68. The van der Waals surface area contributed by atoms with Crippen molar-refractivity contribution in [2.24, 2.45) is 71.0 Å². The number of allylic oxidation sites excluding steroid dienone is 1. The number of carbonyl (C=O) groups is 2. The molecule has 0 aromatic rings. The lowest BCUT2D eigenvalue weighted by atomic mass is 9.73. The number of hydrogen-bond acceptors (Lipinski definition) is 5. The molecular formula is C39H64O5. The molecule has 5 nitrogen and oxygen atoms in total.